The number of nitrogens with one attached hydrogen (secondary N) is 1. The van der Waals surface area contributed by atoms with Crippen LogP contribution in [0.4, 0.5) is 0 Å². The van der Waals surface area contributed by atoms with Crippen LogP contribution in [0.3, 0.4) is 0 Å². The molecule has 0 aliphatic heterocycles. The summed E-state index contributed by atoms with van der Waals surface area (Å²) in [6, 6.07) is 19.0. The van der Waals surface area contributed by atoms with Gasteiger partial charge in [0.25, 0.3) is 5.56 Å². The molecule has 3 heterocycles. The number of aromatic amines is 1. The van der Waals surface area contributed by atoms with Gasteiger partial charge in [-0.05, 0) is 55.5 Å². The van der Waals surface area contributed by atoms with E-state index in [2.05, 4.69) is 15.1 Å². The molecule has 0 saturated heterocycles. The van der Waals surface area contributed by atoms with E-state index < -0.39 is 0 Å². The maximum Gasteiger partial charge on any atom is 0.283 e. The van der Waals surface area contributed by atoms with Gasteiger partial charge in [-0.3, -0.25) is 14.9 Å². The minimum absolute atomic E-state index is 0.199. The molecule has 32 heavy (non-hydrogen) atoms. The molecule has 5 rings (SSSR count). The molecule has 0 saturated carbocycles. The fourth-order valence-corrected chi connectivity index (χ4v) is 4.43. The molecule has 2 aromatic carbocycles. The standard InChI is InChI=1S/C24H20N4O3S/c1-15(25-14-18-6-5-13-31-18)21-22(16-9-11-17(30-2)12-10-16)27-28(23(21)29)24-26-19-7-3-4-8-20(19)32-24/h3-13,27H,14H2,1-2H3. The number of rotatable bonds is 6. The molecule has 7 nitrogen and oxygen atoms in total. The third-order valence-corrected chi connectivity index (χ3v) is 6.18. The number of nitrogens with zero attached hydrogens (tertiary/aromatic N) is 3. The number of aliphatic imine (C=N–C) groups is 1. The zero-order valence-corrected chi connectivity index (χ0v) is 18.3. The molecule has 1 N–H and O–H groups in total. The van der Waals surface area contributed by atoms with Crippen LogP contribution in [0.2, 0.25) is 0 Å². The van der Waals surface area contributed by atoms with E-state index in [0.29, 0.717) is 28.6 Å². The maximum atomic E-state index is 13.5. The van der Waals surface area contributed by atoms with E-state index in [1.54, 1.807) is 13.4 Å². The molecular weight excluding hydrogens is 424 g/mol. The first-order chi connectivity index (χ1) is 15.6. The zero-order valence-electron chi connectivity index (χ0n) is 17.5. The van der Waals surface area contributed by atoms with Crippen molar-refractivity contribution in [2.45, 2.75) is 13.5 Å². The van der Waals surface area contributed by atoms with Crippen LogP contribution >= 0.6 is 11.3 Å². The number of ether oxygens (including phenoxy) is 1. The van der Waals surface area contributed by atoms with Gasteiger partial charge in [0.2, 0.25) is 5.13 Å². The van der Waals surface area contributed by atoms with Crippen LogP contribution in [-0.2, 0) is 6.54 Å². The monoisotopic (exact) mass is 444 g/mol. The number of thiazole rings is 1. The second-order valence-electron chi connectivity index (χ2n) is 7.18. The molecule has 0 bridgehead atoms. The molecule has 0 fully saturated rings. The first kappa shape index (κ1) is 20.0. The molecule has 0 aliphatic rings. The van der Waals surface area contributed by atoms with E-state index in [1.165, 1.54) is 16.0 Å². The minimum Gasteiger partial charge on any atom is -0.497 e. The molecular formula is C24H20N4O3S. The highest BCUT2D eigenvalue weighted by Crippen LogP contribution is 2.27. The smallest absolute Gasteiger partial charge is 0.283 e. The lowest BCUT2D eigenvalue weighted by Gasteiger charge is -2.04. The van der Waals surface area contributed by atoms with Gasteiger partial charge < -0.3 is 9.15 Å². The van der Waals surface area contributed by atoms with Crippen LogP contribution in [0, 0.1) is 0 Å². The van der Waals surface area contributed by atoms with Gasteiger partial charge in [-0.2, -0.15) is 4.68 Å². The van der Waals surface area contributed by atoms with E-state index in [9.17, 15) is 4.79 Å². The highest BCUT2D eigenvalue weighted by molar-refractivity contribution is 7.20. The molecule has 0 aliphatic carbocycles. The number of hydrogen-bond acceptors (Lipinski definition) is 6. The Morgan fingerprint density at radius 1 is 1.16 bits per heavy atom. The lowest BCUT2D eigenvalue weighted by Crippen LogP contribution is -2.19. The van der Waals surface area contributed by atoms with Crippen LogP contribution in [0.15, 0.2) is 81.1 Å². The summed E-state index contributed by atoms with van der Waals surface area (Å²) in [7, 11) is 1.62. The van der Waals surface area contributed by atoms with Gasteiger partial charge in [0.15, 0.2) is 0 Å². The van der Waals surface area contributed by atoms with Crippen LogP contribution in [0.5, 0.6) is 5.75 Å². The fraction of sp³-hybridized carbons (Fsp3) is 0.125. The first-order valence-corrected chi connectivity index (χ1v) is 10.8. The third-order valence-electron chi connectivity index (χ3n) is 5.16. The minimum atomic E-state index is -0.199. The van der Waals surface area contributed by atoms with Crippen molar-refractivity contribution in [1.82, 2.24) is 14.8 Å². The van der Waals surface area contributed by atoms with Gasteiger partial charge in [-0.25, -0.2) is 4.98 Å². The van der Waals surface area contributed by atoms with Crippen molar-refractivity contribution in [2.75, 3.05) is 7.11 Å². The molecule has 0 spiro atoms. The highest BCUT2D eigenvalue weighted by atomic mass is 32.1. The summed E-state index contributed by atoms with van der Waals surface area (Å²) in [4.78, 5) is 22.8. The number of furan rings is 1. The van der Waals surface area contributed by atoms with Crippen LogP contribution < -0.4 is 10.3 Å². The summed E-state index contributed by atoms with van der Waals surface area (Å²) in [5.41, 5.74) is 3.30. The molecule has 0 amide bonds. The molecule has 8 heteroatoms. The molecule has 160 valence electrons. The van der Waals surface area contributed by atoms with E-state index in [4.69, 9.17) is 9.15 Å². The Labute approximate surface area is 187 Å². The summed E-state index contributed by atoms with van der Waals surface area (Å²) in [5.74, 6) is 1.48. The number of fused-ring (bicyclic) bond motifs is 1. The molecule has 0 unspecified atom stereocenters. The first-order valence-electron chi connectivity index (χ1n) is 10.0. The second kappa shape index (κ2) is 8.32. The normalized spacial score (nSPS) is 11.9. The van der Waals surface area contributed by atoms with Crippen molar-refractivity contribution in [1.29, 1.82) is 0 Å². The quantitative estimate of drug-likeness (QED) is 0.371. The summed E-state index contributed by atoms with van der Waals surface area (Å²) < 4.78 is 13.2. The van der Waals surface area contributed by atoms with E-state index in [0.717, 1.165) is 27.3 Å². The predicted octanol–water partition coefficient (Wildman–Crippen LogP) is 5.05. The Bertz CT molecular complexity index is 1420. The van der Waals surface area contributed by atoms with Gasteiger partial charge in [0.05, 0.1) is 41.4 Å². The molecule has 3 aromatic heterocycles. The average Bonchev–Trinajstić information content (AvgIpc) is 3.56. The van der Waals surface area contributed by atoms with Gasteiger partial charge in [0, 0.05) is 11.3 Å². The Hall–Kier alpha value is -3.91. The number of methoxy groups -OCH3 is 1. The van der Waals surface area contributed by atoms with Crippen molar-refractivity contribution in [2.24, 2.45) is 4.99 Å². The van der Waals surface area contributed by atoms with E-state index in [-0.39, 0.29) is 5.56 Å². The summed E-state index contributed by atoms with van der Waals surface area (Å²) in [5, 5.41) is 3.84. The maximum absolute atomic E-state index is 13.5. The predicted molar refractivity (Wildman–Crippen MR) is 126 cm³/mol. The van der Waals surface area contributed by atoms with Crippen LogP contribution in [0.1, 0.15) is 18.2 Å². The zero-order chi connectivity index (χ0) is 22.1. The number of aromatic nitrogens is 3. The molecule has 0 radical (unpaired) electrons. The van der Waals surface area contributed by atoms with Crippen molar-refractivity contribution >= 4 is 27.3 Å². The largest absolute Gasteiger partial charge is 0.497 e. The number of H-pyrrole nitrogens is 1. The second-order valence-corrected chi connectivity index (χ2v) is 8.19. The summed E-state index contributed by atoms with van der Waals surface area (Å²) >= 11 is 1.46. The van der Waals surface area contributed by atoms with Gasteiger partial charge >= 0.3 is 0 Å². The third kappa shape index (κ3) is 3.65. The Morgan fingerprint density at radius 3 is 2.69 bits per heavy atom. The number of benzene rings is 2. The van der Waals surface area contributed by atoms with Crippen molar-refractivity contribution in [3.8, 4) is 22.1 Å². The fourth-order valence-electron chi connectivity index (χ4n) is 3.51. The average molecular weight is 445 g/mol. The molecule has 0 atom stereocenters. The summed E-state index contributed by atoms with van der Waals surface area (Å²) in [6.45, 7) is 2.19. The molecule has 5 aromatic rings. The lowest BCUT2D eigenvalue weighted by atomic mass is 10.1. The van der Waals surface area contributed by atoms with Crippen molar-refractivity contribution in [3.05, 3.63) is 88.6 Å². The van der Waals surface area contributed by atoms with E-state index in [1.807, 2.05) is 67.6 Å². The lowest BCUT2D eigenvalue weighted by molar-refractivity contribution is 0.415. The Morgan fingerprint density at radius 2 is 1.97 bits per heavy atom. The van der Waals surface area contributed by atoms with Crippen LogP contribution in [-0.4, -0.2) is 27.6 Å². The van der Waals surface area contributed by atoms with Crippen molar-refractivity contribution < 1.29 is 9.15 Å². The Kier molecular flexibility index (Phi) is 5.20. The van der Waals surface area contributed by atoms with Gasteiger partial charge in [0.1, 0.15) is 11.5 Å². The Balaban J connectivity index is 1.65. The van der Waals surface area contributed by atoms with E-state index >= 15 is 0 Å². The highest BCUT2D eigenvalue weighted by Gasteiger charge is 2.21. The van der Waals surface area contributed by atoms with Crippen LogP contribution in [0.25, 0.3) is 26.6 Å². The number of hydrogen-bond donors (Lipinski definition) is 1. The van der Waals surface area contributed by atoms with Gasteiger partial charge in [-0.1, -0.05) is 23.5 Å². The number of para-hydroxylation sites is 1. The summed E-state index contributed by atoms with van der Waals surface area (Å²) in [6.07, 6.45) is 1.61. The topological polar surface area (TPSA) is 85.4 Å². The SMILES string of the molecule is COc1ccc(-c2[nH]n(-c3nc4ccccc4s3)c(=O)c2C(C)=NCc2ccco2)cc1. The van der Waals surface area contributed by atoms with Crippen molar-refractivity contribution in [3.63, 3.8) is 0 Å². The van der Waals surface area contributed by atoms with Gasteiger partial charge in [-0.15, -0.1) is 0 Å².